The monoisotopic (exact) mass is 573 g/mol. The Morgan fingerprint density at radius 1 is 0.814 bits per heavy atom. The van der Waals surface area contributed by atoms with Crippen molar-refractivity contribution in [2.45, 2.75) is 32.2 Å². The number of azo groups is 3. The molecule has 0 radical (unpaired) electrons. The fourth-order valence-corrected chi connectivity index (χ4v) is 4.11. The second-order valence-corrected chi connectivity index (χ2v) is 9.70. The average Bonchev–Trinajstić information content (AvgIpc) is 3.04. The Kier molecular flexibility index (Phi) is 9.71. The molecule has 1 atom stereocenters. The third-order valence-corrected chi connectivity index (χ3v) is 6.45. The first-order chi connectivity index (χ1) is 21.1. The minimum Gasteiger partial charge on any atom is -0.434 e. The van der Waals surface area contributed by atoms with Gasteiger partial charge in [0.25, 0.3) is 0 Å². The van der Waals surface area contributed by atoms with Crippen molar-refractivity contribution in [3.8, 4) is 5.75 Å². The maximum Gasteiger partial charge on any atom is 0.513 e. The predicted molar refractivity (Wildman–Crippen MR) is 167 cm³/mol. The van der Waals surface area contributed by atoms with E-state index in [0.717, 1.165) is 40.7 Å². The van der Waals surface area contributed by atoms with Gasteiger partial charge >= 0.3 is 6.16 Å². The summed E-state index contributed by atoms with van der Waals surface area (Å²) in [6.07, 6.45) is 7.55. The molecule has 4 aromatic rings. The van der Waals surface area contributed by atoms with Crippen molar-refractivity contribution in [3.05, 3.63) is 109 Å². The Balaban J connectivity index is 1.22. The topological polar surface area (TPSA) is 136 Å². The summed E-state index contributed by atoms with van der Waals surface area (Å²) in [6, 6.07) is 25.5. The molecule has 0 fully saturated rings. The average molecular weight is 574 g/mol. The third-order valence-electron chi connectivity index (χ3n) is 6.45. The van der Waals surface area contributed by atoms with Crippen LogP contribution in [0.15, 0.2) is 140 Å². The number of carbonyl (C=O) groups is 1. The molecule has 0 aromatic heterocycles. The van der Waals surface area contributed by atoms with E-state index in [1.165, 1.54) is 0 Å². The summed E-state index contributed by atoms with van der Waals surface area (Å²) in [7, 11) is 0. The number of benzene rings is 4. The van der Waals surface area contributed by atoms with Gasteiger partial charge in [-0.25, -0.2) is 4.79 Å². The zero-order valence-electron chi connectivity index (χ0n) is 23.7. The zero-order valence-corrected chi connectivity index (χ0v) is 23.7. The van der Waals surface area contributed by atoms with E-state index in [4.69, 9.17) is 15.2 Å². The lowest BCUT2D eigenvalue weighted by atomic mass is 10.1. The molecule has 0 spiro atoms. The number of hydrogen-bond acceptors (Lipinski definition) is 10. The van der Waals surface area contributed by atoms with Crippen molar-refractivity contribution in [2.75, 3.05) is 12.3 Å². The van der Waals surface area contributed by atoms with Gasteiger partial charge in [-0.2, -0.15) is 20.5 Å². The molecule has 0 saturated heterocycles. The van der Waals surface area contributed by atoms with Crippen LogP contribution in [0, 0.1) is 0 Å². The van der Waals surface area contributed by atoms with Gasteiger partial charge in [0.2, 0.25) is 0 Å². The smallest absolute Gasteiger partial charge is 0.434 e. The number of nitrogens with zero attached hydrogens (tertiary/aromatic N) is 6. The first-order valence-electron chi connectivity index (χ1n) is 14.0. The van der Waals surface area contributed by atoms with Gasteiger partial charge in [-0.3, -0.25) is 0 Å². The van der Waals surface area contributed by atoms with Gasteiger partial charge < -0.3 is 15.2 Å². The summed E-state index contributed by atoms with van der Waals surface area (Å²) in [6.45, 7) is 2.36. The van der Waals surface area contributed by atoms with E-state index in [0.29, 0.717) is 35.8 Å². The number of anilines is 1. The molecule has 0 bridgehead atoms. The van der Waals surface area contributed by atoms with Crippen molar-refractivity contribution in [1.29, 1.82) is 0 Å². The van der Waals surface area contributed by atoms with Gasteiger partial charge in [0, 0.05) is 16.5 Å². The lowest BCUT2D eigenvalue weighted by Crippen LogP contribution is -2.11. The van der Waals surface area contributed by atoms with Crippen LogP contribution in [0.3, 0.4) is 0 Å². The number of unbranched alkanes of at least 4 members (excludes halogenated alkanes) is 1. The second kappa shape index (κ2) is 14.4. The van der Waals surface area contributed by atoms with E-state index < -0.39 is 6.16 Å². The Morgan fingerprint density at radius 2 is 1.47 bits per heavy atom. The molecule has 43 heavy (non-hydrogen) atoms. The zero-order chi connectivity index (χ0) is 29.9. The molecule has 10 nitrogen and oxygen atoms in total. The van der Waals surface area contributed by atoms with E-state index in [1.54, 1.807) is 36.4 Å². The summed E-state index contributed by atoms with van der Waals surface area (Å²) in [5.41, 5.74) is 9.96. The first-order valence-corrected chi connectivity index (χ1v) is 14.0. The fraction of sp³-hybridized carbons (Fsp3) is 0.182. The van der Waals surface area contributed by atoms with Crippen LogP contribution in [-0.4, -0.2) is 18.8 Å². The fourth-order valence-electron chi connectivity index (χ4n) is 4.11. The molecule has 0 amide bonds. The summed E-state index contributed by atoms with van der Waals surface area (Å²) in [4.78, 5) is 11.7. The van der Waals surface area contributed by atoms with Gasteiger partial charge in [-0.15, -0.1) is 10.2 Å². The normalized spacial score (nSPS) is 15.0. The number of hydrogen-bond donors (Lipinski definition) is 1. The van der Waals surface area contributed by atoms with Crippen LogP contribution in [0.4, 0.5) is 33.2 Å². The summed E-state index contributed by atoms with van der Waals surface area (Å²) in [5, 5.41) is 28.3. The van der Waals surface area contributed by atoms with Crippen LogP contribution in [0.2, 0.25) is 0 Å². The standard InChI is InChI=1S/C33H31N7O3/c1-2-3-22-42-33(41)43-28-18-16-27(17-19-28)38-40-32-21-20-31(29-6-4-5-7-30(29)32)39-37-26-14-12-25(13-15-26)36-35-24-10-8-23(34)9-11-24/h4-12,14-21,25H,2-3,13,22,34H2,1H3. The molecule has 1 aliphatic carbocycles. The van der Waals surface area contributed by atoms with Gasteiger partial charge in [0.15, 0.2) is 0 Å². The highest BCUT2D eigenvalue weighted by Crippen LogP contribution is 2.35. The number of fused-ring (bicyclic) bond motifs is 1. The lowest BCUT2D eigenvalue weighted by molar-refractivity contribution is 0.0978. The highest BCUT2D eigenvalue weighted by Gasteiger charge is 2.09. The SMILES string of the molecule is CCCCOC(=O)Oc1ccc(N=Nc2ccc(N=NC3=CCC(N=Nc4ccc(N)cc4)C=C3)c3ccccc23)cc1. The van der Waals surface area contributed by atoms with Crippen molar-refractivity contribution in [3.63, 3.8) is 0 Å². The number of rotatable bonds is 10. The summed E-state index contributed by atoms with van der Waals surface area (Å²) >= 11 is 0. The number of carbonyl (C=O) groups excluding carboxylic acids is 1. The number of allylic oxidation sites excluding steroid dienone is 1. The van der Waals surface area contributed by atoms with Crippen LogP contribution in [0.25, 0.3) is 10.8 Å². The molecular weight excluding hydrogens is 542 g/mol. The summed E-state index contributed by atoms with van der Waals surface area (Å²) < 4.78 is 10.2. The van der Waals surface area contributed by atoms with Crippen LogP contribution in [0.5, 0.6) is 5.75 Å². The second-order valence-electron chi connectivity index (χ2n) is 9.70. The molecule has 216 valence electrons. The van der Waals surface area contributed by atoms with Crippen LogP contribution in [-0.2, 0) is 4.74 Å². The minimum atomic E-state index is -0.719. The molecule has 0 heterocycles. The number of nitrogens with two attached hydrogens (primary N) is 1. The van der Waals surface area contributed by atoms with Crippen molar-refractivity contribution < 1.29 is 14.3 Å². The summed E-state index contributed by atoms with van der Waals surface area (Å²) in [5.74, 6) is 0.376. The Morgan fingerprint density at radius 3 is 2.12 bits per heavy atom. The highest BCUT2D eigenvalue weighted by atomic mass is 16.7. The largest absolute Gasteiger partial charge is 0.513 e. The predicted octanol–water partition coefficient (Wildman–Crippen LogP) is 10.2. The third kappa shape index (κ3) is 8.26. The Bertz CT molecular complexity index is 1710. The van der Waals surface area contributed by atoms with Crippen LogP contribution >= 0.6 is 0 Å². The maximum absolute atomic E-state index is 11.7. The molecule has 2 N–H and O–H groups in total. The first kappa shape index (κ1) is 29.0. The van der Waals surface area contributed by atoms with Crippen molar-refractivity contribution in [1.82, 2.24) is 0 Å². The molecular formula is C33H31N7O3. The minimum absolute atomic E-state index is 0.0576. The van der Waals surface area contributed by atoms with Crippen molar-refractivity contribution in [2.24, 2.45) is 30.7 Å². The molecule has 1 unspecified atom stereocenters. The van der Waals surface area contributed by atoms with Gasteiger partial charge in [0.05, 0.1) is 41.1 Å². The van der Waals surface area contributed by atoms with E-state index in [9.17, 15) is 4.79 Å². The highest BCUT2D eigenvalue weighted by molar-refractivity contribution is 5.99. The Hall–Kier alpha value is -5.51. The van der Waals surface area contributed by atoms with Gasteiger partial charge in [-0.1, -0.05) is 49.8 Å². The van der Waals surface area contributed by atoms with Crippen LogP contribution in [0.1, 0.15) is 26.2 Å². The lowest BCUT2D eigenvalue weighted by Gasteiger charge is -2.08. The van der Waals surface area contributed by atoms with E-state index in [2.05, 4.69) is 30.7 Å². The molecule has 1 aliphatic rings. The molecule has 0 aliphatic heterocycles. The van der Waals surface area contributed by atoms with Gasteiger partial charge in [-0.05, 0) is 79.6 Å². The Labute approximate surface area is 249 Å². The van der Waals surface area contributed by atoms with E-state index >= 15 is 0 Å². The van der Waals surface area contributed by atoms with Crippen LogP contribution < -0.4 is 10.5 Å². The number of ether oxygens (including phenoxy) is 2. The molecule has 0 saturated carbocycles. The van der Waals surface area contributed by atoms with E-state index in [1.807, 2.05) is 73.7 Å². The molecule has 4 aromatic carbocycles. The quantitative estimate of drug-likeness (QED) is 0.0663. The van der Waals surface area contributed by atoms with Gasteiger partial charge in [0.1, 0.15) is 5.75 Å². The maximum atomic E-state index is 11.7. The molecule has 10 heteroatoms. The molecule has 5 rings (SSSR count). The van der Waals surface area contributed by atoms with Crippen molar-refractivity contribution >= 4 is 45.4 Å². The number of nitrogen functional groups attached to an aromatic ring is 1. The van der Waals surface area contributed by atoms with E-state index in [-0.39, 0.29) is 6.04 Å².